The third kappa shape index (κ3) is 5.21. The van der Waals surface area contributed by atoms with Crippen LogP contribution in [0.25, 0.3) is 21.7 Å². The van der Waals surface area contributed by atoms with Gasteiger partial charge in [0.05, 0.1) is 43.0 Å². The van der Waals surface area contributed by atoms with Gasteiger partial charge < -0.3 is 19.8 Å². The molecule has 41 heavy (non-hydrogen) atoms. The molecule has 1 amide bonds. The van der Waals surface area contributed by atoms with Gasteiger partial charge in [0.25, 0.3) is 5.00 Å². The van der Waals surface area contributed by atoms with E-state index in [4.69, 9.17) is 21.5 Å². The molecule has 3 aromatic heterocycles. The Labute approximate surface area is 240 Å². The highest BCUT2D eigenvalue weighted by Gasteiger charge is 2.30. The third-order valence-corrected chi connectivity index (χ3v) is 8.59. The van der Waals surface area contributed by atoms with Crippen molar-refractivity contribution >= 4 is 44.7 Å². The number of amides is 1. The molecule has 5 heterocycles. The van der Waals surface area contributed by atoms with E-state index in [1.807, 2.05) is 29.5 Å². The van der Waals surface area contributed by atoms with E-state index in [1.54, 1.807) is 23.2 Å². The molecule has 0 saturated carbocycles. The molecular formula is C28H30FN9O2S. The molecular weight excluding hydrogens is 545 g/mol. The van der Waals surface area contributed by atoms with Crippen LogP contribution in [-0.2, 0) is 11.2 Å². The molecule has 2 saturated heterocycles. The van der Waals surface area contributed by atoms with Crippen LogP contribution in [-0.4, -0.2) is 99.1 Å². The van der Waals surface area contributed by atoms with Gasteiger partial charge in [-0.15, -0.1) is 11.3 Å². The lowest BCUT2D eigenvalue weighted by Crippen LogP contribution is -2.57. The Bertz CT molecular complexity index is 1620. The lowest BCUT2D eigenvalue weighted by Gasteiger charge is -2.39. The molecule has 0 unspecified atom stereocenters. The second-order valence-electron chi connectivity index (χ2n) is 10.3. The minimum Gasteiger partial charge on any atom is -0.389 e. The van der Waals surface area contributed by atoms with Gasteiger partial charge >= 0.3 is 0 Å². The van der Waals surface area contributed by atoms with Crippen LogP contribution in [0.5, 0.6) is 0 Å². The molecule has 4 aromatic rings. The van der Waals surface area contributed by atoms with Crippen molar-refractivity contribution in [3.8, 4) is 11.3 Å². The molecule has 0 atom stereocenters. The van der Waals surface area contributed by atoms with Gasteiger partial charge in [-0.1, -0.05) is 19.1 Å². The number of halogens is 1. The van der Waals surface area contributed by atoms with Crippen LogP contribution in [0.3, 0.4) is 0 Å². The van der Waals surface area contributed by atoms with E-state index in [9.17, 15) is 14.3 Å². The normalized spacial score (nSPS) is 16.2. The van der Waals surface area contributed by atoms with Crippen molar-refractivity contribution in [2.45, 2.75) is 19.4 Å². The van der Waals surface area contributed by atoms with Crippen molar-refractivity contribution in [1.82, 2.24) is 29.2 Å². The summed E-state index contributed by atoms with van der Waals surface area (Å²) in [6.07, 6.45) is 4.07. The van der Waals surface area contributed by atoms with Gasteiger partial charge in [0, 0.05) is 46.3 Å². The zero-order chi connectivity index (χ0) is 28.7. The smallest absolute Gasteiger partial charge is 0.270 e. The fourth-order valence-corrected chi connectivity index (χ4v) is 6.07. The zero-order valence-corrected chi connectivity index (χ0v) is 23.7. The maximum Gasteiger partial charge on any atom is 0.270 e. The number of anilines is 3. The Morgan fingerprint density at radius 2 is 1.93 bits per heavy atom. The molecule has 0 spiro atoms. The first-order valence-electron chi connectivity index (χ1n) is 13.5. The number of benzene rings is 1. The van der Waals surface area contributed by atoms with Crippen molar-refractivity contribution < 1.29 is 14.3 Å². The maximum absolute atomic E-state index is 13.5. The fraction of sp³-hybridized carbons (Fsp3) is 0.393. The number of aliphatic hydroxyl groups excluding tert-OH is 1. The van der Waals surface area contributed by atoms with Crippen LogP contribution >= 0.6 is 11.3 Å². The number of thiazole rings is 1. The van der Waals surface area contributed by atoms with Crippen molar-refractivity contribution in [1.29, 1.82) is 0 Å². The molecule has 1 N–H and O–H groups in total. The first-order chi connectivity index (χ1) is 19.8. The first kappa shape index (κ1) is 27.1. The minimum atomic E-state index is -0.390. The van der Waals surface area contributed by atoms with E-state index < -0.39 is 0 Å². The zero-order valence-electron chi connectivity index (χ0n) is 22.9. The number of hydrogen-bond donors (Lipinski definition) is 1. The number of likely N-dealkylation sites (tertiary alicyclic amines) is 1. The van der Waals surface area contributed by atoms with Crippen molar-refractivity contribution in [2.75, 3.05) is 62.7 Å². The number of carbonyl (C=O) groups excluding carboxylic acids is 1. The SMILES string of the molecule is [C-]#[N+]c1sc(N(C)c2c(CC)nc3cnc(N4CCN(CC(=O)N5CC(O)C5)CC4)cn23)nc1-c1ccc(F)cc1. The maximum atomic E-state index is 13.5. The van der Waals surface area contributed by atoms with Crippen LogP contribution in [0, 0.1) is 12.4 Å². The Kier molecular flexibility index (Phi) is 7.29. The van der Waals surface area contributed by atoms with Crippen LogP contribution in [0.15, 0.2) is 36.7 Å². The highest BCUT2D eigenvalue weighted by Crippen LogP contribution is 2.42. The number of imidazole rings is 1. The lowest BCUT2D eigenvalue weighted by atomic mass is 10.1. The molecule has 0 aliphatic carbocycles. The molecule has 0 bridgehead atoms. The summed E-state index contributed by atoms with van der Waals surface area (Å²) in [7, 11) is 1.91. The highest BCUT2D eigenvalue weighted by molar-refractivity contribution is 7.20. The average Bonchev–Trinajstić information content (AvgIpc) is 3.57. The molecule has 1 aromatic carbocycles. The summed E-state index contributed by atoms with van der Waals surface area (Å²) in [6.45, 7) is 13.9. The predicted octanol–water partition coefficient (Wildman–Crippen LogP) is 3.20. The highest BCUT2D eigenvalue weighted by atomic mass is 32.1. The third-order valence-electron chi connectivity index (χ3n) is 7.57. The van der Waals surface area contributed by atoms with Crippen LogP contribution in [0.1, 0.15) is 12.6 Å². The number of rotatable bonds is 7. The Morgan fingerprint density at radius 1 is 1.20 bits per heavy atom. The minimum absolute atomic E-state index is 0.0626. The predicted molar refractivity (Wildman–Crippen MR) is 155 cm³/mol. The van der Waals surface area contributed by atoms with Crippen molar-refractivity contribution in [2.24, 2.45) is 0 Å². The van der Waals surface area contributed by atoms with E-state index >= 15 is 0 Å². The van der Waals surface area contributed by atoms with E-state index in [1.165, 1.54) is 23.5 Å². The standard InChI is InChI=1S/C28H30FN9O2S/c1-4-21-27(34(3)28-33-25(26(30-2)41-28)18-5-7-19(29)8-6-18)38-16-23(31-13-22(38)32-21)36-11-9-35(10-12-36)17-24(40)37-14-20(39)15-37/h5-8,13,16,20,39H,4,9-12,14-15,17H2,1,3H3. The summed E-state index contributed by atoms with van der Waals surface area (Å²) >= 11 is 1.29. The summed E-state index contributed by atoms with van der Waals surface area (Å²) in [6, 6.07) is 6.01. The second kappa shape index (κ2) is 11.0. The second-order valence-corrected chi connectivity index (χ2v) is 11.2. The summed E-state index contributed by atoms with van der Waals surface area (Å²) < 4.78 is 15.5. The van der Waals surface area contributed by atoms with Crippen molar-refractivity contribution in [3.63, 3.8) is 0 Å². The monoisotopic (exact) mass is 575 g/mol. The van der Waals surface area contributed by atoms with Crippen molar-refractivity contribution in [3.05, 3.63) is 59.6 Å². The van der Waals surface area contributed by atoms with Gasteiger partial charge in [0.15, 0.2) is 10.8 Å². The Morgan fingerprint density at radius 3 is 2.59 bits per heavy atom. The summed E-state index contributed by atoms with van der Waals surface area (Å²) in [5.74, 6) is 1.39. The number of nitrogens with zero attached hydrogens (tertiary/aromatic N) is 9. The number of aryl methyl sites for hydroxylation is 1. The number of piperazine rings is 1. The molecule has 212 valence electrons. The van der Waals surface area contributed by atoms with Crippen LogP contribution in [0.2, 0.25) is 0 Å². The van der Waals surface area contributed by atoms with Gasteiger partial charge in [0.1, 0.15) is 17.5 Å². The first-order valence-corrected chi connectivity index (χ1v) is 14.3. The van der Waals surface area contributed by atoms with Crippen LogP contribution in [0.4, 0.5) is 26.2 Å². The number of fused-ring (bicyclic) bond motifs is 1. The fourth-order valence-electron chi connectivity index (χ4n) is 5.23. The summed E-state index contributed by atoms with van der Waals surface area (Å²) in [5, 5.41) is 10.5. The van der Waals surface area contributed by atoms with Gasteiger partial charge in [-0.05, 0) is 24.1 Å². The number of aliphatic hydroxyl groups is 1. The molecule has 2 aliphatic rings. The lowest BCUT2D eigenvalue weighted by molar-refractivity contribution is -0.142. The van der Waals surface area contributed by atoms with Crippen LogP contribution < -0.4 is 9.80 Å². The number of carbonyl (C=O) groups is 1. The van der Waals surface area contributed by atoms with E-state index in [-0.39, 0.29) is 17.8 Å². The Balaban J connectivity index is 1.24. The Hall–Kier alpha value is -4.12. The van der Waals surface area contributed by atoms with Gasteiger partial charge in [0.2, 0.25) is 5.91 Å². The number of hydrogen-bond acceptors (Lipinski definition) is 9. The van der Waals surface area contributed by atoms with E-state index in [0.29, 0.717) is 53.1 Å². The van der Waals surface area contributed by atoms with Gasteiger partial charge in [-0.2, -0.15) is 0 Å². The number of β-amino-alcohol motifs (C(OH)–C–C–N with tert-alkyl or cyclic N) is 1. The summed E-state index contributed by atoms with van der Waals surface area (Å²) in [4.78, 5) is 38.4. The molecule has 11 nitrogen and oxygen atoms in total. The van der Waals surface area contributed by atoms with E-state index in [2.05, 4.69) is 14.6 Å². The van der Waals surface area contributed by atoms with Gasteiger partial charge in [-0.25, -0.2) is 24.2 Å². The van der Waals surface area contributed by atoms with Gasteiger partial charge in [-0.3, -0.25) is 14.1 Å². The molecule has 13 heteroatoms. The summed E-state index contributed by atoms with van der Waals surface area (Å²) in [5.41, 5.74) is 2.82. The average molecular weight is 576 g/mol. The molecule has 2 aliphatic heterocycles. The van der Waals surface area contributed by atoms with E-state index in [0.717, 1.165) is 43.5 Å². The molecule has 2 fully saturated rings. The quantitative estimate of drug-likeness (QED) is 0.336. The molecule has 0 radical (unpaired) electrons. The topological polar surface area (TPSA) is 97.7 Å². The largest absolute Gasteiger partial charge is 0.389 e. The number of aromatic nitrogens is 4. The molecule has 6 rings (SSSR count).